The van der Waals surface area contributed by atoms with Crippen molar-refractivity contribution >= 4 is 39.5 Å². The van der Waals surface area contributed by atoms with E-state index in [4.69, 9.17) is 37.0 Å². The van der Waals surface area contributed by atoms with Gasteiger partial charge in [-0.1, -0.05) is 226 Å². The average Bonchev–Trinajstić information content (AvgIpc) is 1.29. The Morgan fingerprint density at radius 3 is 0.926 bits per heavy atom. The molecule has 19 heteroatoms. The second-order valence-corrected chi connectivity index (χ2v) is 26.0. The van der Waals surface area contributed by atoms with Crippen molar-refractivity contribution in [2.75, 3.05) is 39.6 Å². The van der Waals surface area contributed by atoms with Gasteiger partial charge in [0.1, 0.15) is 19.3 Å². The Morgan fingerprint density at radius 2 is 0.564 bits per heavy atom. The number of rotatable bonds is 65. The molecule has 0 amide bonds. The van der Waals surface area contributed by atoms with Crippen LogP contribution in [0.25, 0.3) is 0 Å². The maximum Gasteiger partial charge on any atom is 0.472 e. The molecule has 0 saturated carbocycles. The van der Waals surface area contributed by atoms with Crippen molar-refractivity contribution in [3.8, 4) is 0 Å². The Bertz CT molecular complexity index is 2310. The summed E-state index contributed by atoms with van der Waals surface area (Å²) in [5.74, 6) is -2.32. The highest BCUT2D eigenvalue weighted by atomic mass is 31.2. The van der Waals surface area contributed by atoms with Gasteiger partial charge in [-0.25, -0.2) is 9.13 Å². The highest BCUT2D eigenvalue weighted by molar-refractivity contribution is 7.47. The third-order valence-electron chi connectivity index (χ3n) is 14.1. The third kappa shape index (κ3) is 65.8. The van der Waals surface area contributed by atoms with Crippen LogP contribution in [0.1, 0.15) is 259 Å². The molecule has 0 spiro atoms. The molecular weight excluding hydrogens is 1230 g/mol. The summed E-state index contributed by atoms with van der Waals surface area (Å²) in [4.78, 5) is 72.5. The molecule has 0 fully saturated rings. The number of aliphatic hydroxyl groups is 1. The van der Waals surface area contributed by atoms with Gasteiger partial charge in [-0.15, -0.1) is 0 Å². The number of allylic oxidation sites excluding steroid dienone is 22. The lowest BCUT2D eigenvalue weighted by atomic mass is 10.1. The summed E-state index contributed by atoms with van der Waals surface area (Å²) in [7, 11) is -9.98. The highest BCUT2D eigenvalue weighted by Gasteiger charge is 2.30. The average molecular weight is 1360 g/mol. The fraction of sp³-hybridized carbons (Fsp3) is 0.653. The summed E-state index contributed by atoms with van der Waals surface area (Å²) in [6.45, 7) is 4.39. The first-order valence-electron chi connectivity index (χ1n) is 35.4. The van der Waals surface area contributed by atoms with Crippen molar-refractivity contribution in [3.05, 3.63) is 134 Å². The van der Waals surface area contributed by atoms with E-state index >= 15 is 0 Å². The Labute approximate surface area is 567 Å². The molecule has 0 rings (SSSR count). The summed E-state index contributed by atoms with van der Waals surface area (Å²) in [6, 6.07) is 0. The van der Waals surface area contributed by atoms with Crippen molar-refractivity contribution in [2.45, 2.75) is 277 Å². The molecule has 0 aromatic carbocycles. The van der Waals surface area contributed by atoms with Crippen LogP contribution in [0.5, 0.6) is 0 Å². The predicted molar refractivity (Wildman–Crippen MR) is 381 cm³/mol. The molecule has 0 aliphatic rings. The van der Waals surface area contributed by atoms with Gasteiger partial charge in [-0.3, -0.25) is 37.3 Å². The molecular formula is C75H124O17P2. The molecule has 17 nitrogen and oxygen atoms in total. The van der Waals surface area contributed by atoms with Crippen LogP contribution in [-0.2, 0) is 65.4 Å². The number of unbranched alkanes of at least 4 members (excludes halogenated alkanes) is 17. The van der Waals surface area contributed by atoms with E-state index in [1.54, 1.807) is 0 Å². The van der Waals surface area contributed by atoms with Gasteiger partial charge < -0.3 is 33.8 Å². The molecule has 0 aromatic heterocycles. The lowest BCUT2D eigenvalue weighted by Gasteiger charge is -2.21. The van der Waals surface area contributed by atoms with E-state index in [0.29, 0.717) is 38.5 Å². The van der Waals surface area contributed by atoms with Gasteiger partial charge in [-0.2, -0.15) is 0 Å². The van der Waals surface area contributed by atoms with Crippen LogP contribution in [0.3, 0.4) is 0 Å². The van der Waals surface area contributed by atoms with Crippen LogP contribution in [0.15, 0.2) is 134 Å². The molecule has 0 heterocycles. The first-order chi connectivity index (χ1) is 45.7. The molecule has 5 atom stereocenters. The van der Waals surface area contributed by atoms with Crippen LogP contribution >= 0.6 is 15.6 Å². The SMILES string of the molecule is CC/C=C\C/C=C\C/C=C\C/C=C\C/C=C\CCCC(=O)OCC(COP(=O)(O)OCC(O)COP(=O)(O)OCC(COC(=O)CCCCCCC/C=C\CCCC)OC(=O)CCCCCCC/C=C\CCCC)OC(=O)CCCC/C=C\C/C=C\C/C=C\C/C=C\CC. The number of aliphatic hydroxyl groups excluding tert-OH is 1. The number of ether oxygens (including phenoxy) is 4. The topological polar surface area (TPSA) is 237 Å². The summed E-state index contributed by atoms with van der Waals surface area (Å²) in [5.41, 5.74) is 0. The Balaban J connectivity index is 5.43. The minimum atomic E-state index is -5.00. The zero-order chi connectivity index (χ0) is 69.0. The van der Waals surface area contributed by atoms with Gasteiger partial charge in [0.2, 0.25) is 0 Å². The molecule has 536 valence electrons. The summed E-state index contributed by atoms with van der Waals surface area (Å²) < 4.78 is 68.1. The van der Waals surface area contributed by atoms with Crippen LogP contribution in [0.2, 0.25) is 0 Å². The molecule has 5 unspecified atom stereocenters. The van der Waals surface area contributed by atoms with E-state index in [9.17, 15) is 43.2 Å². The summed E-state index contributed by atoms with van der Waals surface area (Å²) in [6.07, 6.45) is 72.0. The molecule has 0 saturated heterocycles. The smallest absolute Gasteiger partial charge is 0.462 e. The number of esters is 4. The fourth-order valence-electron chi connectivity index (χ4n) is 8.68. The minimum Gasteiger partial charge on any atom is -0.462 e. The number of carbonyl (C=O) groups is 4. The maximum atomic E-state index is 13.0. The molecule has 0 aliphatic heterocycles. The van der Waals surface area contributed by atoms with E-state index < -0.39 is 97.5 Å². The fourth-order valence-corrected chi connectivity index (χ4v) is 10.3. The lowest BCUT2D eigenvalue weighted by Crippen LogP contribution is -2.30. The highest BCUT2D eigenvalue weighted by Crippen LogP contribution is 2.45. The van der Waals surface area contributed by atoms with Crippen LogP contribution in [0, 0.1) is 0 Å². The number of carbonyl (C=O) groups excluding carboxylic acids is 4. The van der Waals surface area contributed by atoms with Crippen LogP contribution in [0.4, 0.5) is 0 Å². The Kier molecular flexibility index (Phi) is 63.4. The van der Waals surface area contributed by atoms with Gasteiger partial charge in [0.05, 0.1) is 26.4 Å². The van der Waals surface area contributed by atoms with Crippen molar-refractivity contribution in [3.63, 3.8) is 0 Å². The molecule has 3 N–H and O–H groups in total. The standard InChI is InChI=1S/C75H124O17P2/c1-5-9-13-17-21-25-29-31-33-34-36-37-41-44-48-52-56-60-73(78)86-66-71(92-75(80)62-58-54-50-46-42-38-35-32-30-26-22-18-14-10-6-2)68-90-94(83,84)88-64-69(76)63-87-93(81,82)89-67-70(91-74(79)61-57-53-49-45-40-28-24-20-16-12-8-4)65-85-72(77)59-55-51-47-43-39-27-23-19-15-11-7-3/h9-10,13-14,19-26,31-33,35-37,42,44,46,48,69-71,76H,5-8,11-12,15-18,27-30,34,38-41,43,45,47,49-68H2,1-4H3,(H,81,82)(H,83,84)/b13-9-,14-10-,23-19-,24-20-,25-21-,26-22-,33-31-,35-32-,37-36-,46-42-,48-44-. The van der Waals surface area contributed by atoms with Crippen LogP contribution < -0.4 is 0 Å². The zero-order valence-corrected chi connectivity index (χ0v) is 59.9. The van der Waals surface area contributed by atoms with Crippen molar-refractivity contribution in [1.82, 2.24) is 0 Å². The zero-order valence-electron chi connectivity index (χ0n) is 58.1. The Hall–Kier alpha value is -4.80. The molecule has 94 heavy (non-hydrogen) atoms. The minimum absolute atomic E-state index is 0.0264. The molecule has 0 radical (unpaired) electrons. The van der Waals surface area contributed by atoms with Crippen molar-refractivity contribution in [1.29, 1.82) is 0 Å². The van der Waals surface area contributed by atoms with E-state index in [2.05, 4.69) is 143 Å². The Morgan fingerprint density at radius 1 is 0.309 bits per heavy atom. The predicted octanol–water partition coefficient (Wildman–Crippen LogP) is 19.8. The van der Waals surface area contributed by atoms with Gasteiger partial charge in [-0.05, 0) is 141 Å². The number of hydrogen-bond donors (Lipinski definition) is 3. The van der Waals surface area contributed by atoms with E-state index in [0.717, 1.165) is 141 Å². The number of hydrogen-bond acceptors (Lipinski definition) is 15. The van der Waals surface area contributed by atoms with Crippen molar-refractivity contribution in [2.24, 2.45) is 0 Å². The number of phosphoric ester groups is 2. The van der Waals surface area contributed by atoms with Gasteiger partial charge in [0.25, 0.3) is 0 Å². The molecule has 0 aliphatic carbocycles. The normalized spacial score (nSPS) is 14.8. The third-order valence-corrected chi connectivity index (χ3v) is 16.0. The number of phosphoric acid groups is 2. The largest absolute Gasteiger partial charge is 0.472 e. The van der Waals surface area contributed by atoms with Gasteiger partial charge in [0.15, 0.2) is 12.2 Å². The molecule has 0 bridgehead atoms. The van der Waals surface area contributed by atoms with E-state index in [-0.39, 0.29) is 25.7 Å². The first kappa shape index (κ1) is 89.2. The van der Waals surface area contributed by atoms with Crippen molar-refractivity contribution < 1.29 is 80.2 Å². The van der Waals surface area contributed by atoms with Gasteiger partial charge in [0, 0.05) is 25.7 Å². The van der Waals surface area contributed by atoms with Crippen LogP contribution in [-0.4, -0.2) is 96.7 Å². The van der Waals surface area contributed by atoms with E-state index in [1.807, 2.05) is 18.2 Å². The lowest BCUT2D eigenvalue weighted by molar-refractivity contribution is -0.161. The van der Waals surface area contributed by atoms with E-state index in [1.165, 1.54) is 25.7 Å². The monoisotopic (exact) mass is 1360 g/mol. The summed E-state index contributed by atoms with van der Waals surface area (Å²) >= 11 is 0. The second kappa shape index (κ2) is 66.8. The first-order valence-corrected chi connectivity index (χ1v) is 38.4. The maximum absolute atomic E-state index is 13.0. The summed E-state index contributed by atoms with van der Waals surface area (Å²) in [5, 5.41) is 10.6. The molecule has 0 aromatic rings. The second-order valence-electron chi connectivity index (χ2n) is 23.1. The quantitative estimate of drug-likeness (QED) is 0.0169. The van der Waals surface area contributed by atoms with Gasteiger partial charge >= 0.3 is 39.5 Å².